The molecule has 1 fully saturated rings. The van der Waals surface area contributed by atoms with Crippen LogP contribution in [0.2, 0.25) is 0 Å². The number of rotatable bonds is 13. The number of imide groups is 1. The molecule has 1 unspecified atom stereocenters. The lowest BCUT2D eigenvalue weighted by Gasteiger charge is -2.26. The van der Waals surface area contributed by atoms with Crippen LogP contribution < -0.4 is 0 Å². The van der Waals surface area contributed by atoms with Crippen molar-refractivity contribution in [2.24, 2.45) is 23.7 Å². The molecule has 5 nitrogen and oxygen atoms in total. The van der Waals surface area contributed by atoms with Crippen molar-refractivity contribution in [2.75, 3.05) is 13.2 Å². The normalized spacial score (nSPS) is 21.8. The molecule has 0 aromatic rings. The van der Waals surface area contributed by atoms with Crippen LogP contribution in [0.4, 0.5) is 0 Å². The summed E-state index contributed by atoms with van der Waals surface area (Å²) in [6.45, 7) is 13.7. The Morgan fingerprint density at radius 2 is 1.74 bits per heavy atom. The van der Waals surface area contributed by atoms with Crippen LogP contribution in [0, 0.1) is 23.7 Å². The van der Waals surface area contributed by atoms with Crippen molar-refractivity contribution in [3.05, 3.63) is 47.6 Å². The highest BCUT2D eigenvalue weighted by Gasteiger charge is 2.29. The van der Waals surface area contributed by atoms with E-state index in [1.165, 1.54) is 24.5 Å². The zero-order chi connectivity index (χ0) is 25.7. The van der Waals surface area contributed by atoms with Crippen molar-refractivity contribution in [1.82, 2.24) is 4.90 Å². The molecular weight excluding hydrogens is 426 g/mol. The molecule has 0 spiro atoms. The third-order valence-corrected chi connectivity index (χ3v) is 6.59. The number of aliphatic hydroxyl groups is 2. The number of carbonyl (C=O) groups excluding carboxylic acids is 2. The first kappa shape index (κ1) is 30.1. The second-order valence-corrected chi connectivity index (χ2v) is 10.4. The van der Waals surface area contributed by atoms with Crippen LogP contribution >= 0.6 is 0 Å². The first-order valence-electron chi connectivity index (χ1n) is 12.9. The molecule has 0 aromatic heterocycles. The summed E-state index contributed by atoms with van der Waals surface area (Å²) >= 11 is 0. The summed E-state index contributed by atoms with van der Waals surface area (Å²) in [7, 11) is 0. The molecule has 1 rings (SSSR count). The van der Waals surface area contributed by atoms with E-state index in [9.17, 15) is 19.8 Å². The minimum absolute atomic E-state index is 0.243. The van der Waals surface area contributed by atoms with Gasteiger partial charge >= 0.3 is 0 Å². The van der Waals surface area contributed by atoms with Gasteiger partial charge in [-0.25, -0.2) is 0 Å². The third kappa shape index (κ3) is 11.4. The molecule has 5 heteroatoms. The molecular formula is C29H47NO4. The lowest BCUT2D eigenvalue weighted by molar-refractivity contribution is -0.151. The molecule has 1 aliphatic heterocycles. The number of hydrogen-bond donors (Lipinski definition) is 2. The summed E-state index contributed by atoms with van der Waals surface area (Å²) in [5.74, 6) is 1.19. The molecule has 0 bridgehead atoms. The van der Waals surface area contributed by atoms with Gasteiger partial charge in [-0.05, 0) is 69.6 Å². The minimum Gasteiger partial charge on any atom is -0.396 e. The maximum atomic E-state index is 12.2. The quantitative estimate of drug-likeness (QED) is 0.270. The highest BCUT2D eigenvalue weighted by atomic mass is 16.3. The summed E-state index contributed by atoms with van der Waals surface area (Å²) in [6, 6.07) is 0. The minimum atomic E-state index is -1.07. The smallest absolute Gasteiger partial charge is 0.258 e. The van der Waals surface area contributed by atoms with Crippen molar-refractivity contribution in [3.63, 3.8) is 0 Å². The molecule has 0 radical (unpaired) electrons. The number of likely N-dealkylation sites (tertiary alicyclic amines) is 1. The number of carbonyl (C=O) groups is 2. The number of piperidine rings is 1. The van der Waals surface area contributed by atoms with Gasteiger partial charge in [-0.15, -0.1) is 0 Å². The number of allylic oxidation sites excluding steroid dienone is 7. The van der Waals surface area contributed by atoms with Crippen molar-refractivity contribution < 1.29 is 19.8 Å². The predicted molar refractivity (Wildman–Crippen MR) is 140 cm³/mol. The van der Waals surface area contributed by atoms with Gasteiger partial charge in [0.05, 0.1) is 0 Å². The molecule has 0 aromatic carbocycles. The fourth-order valence-corrected chi connectivity index (χ4v) is 4.77. The summed E-state index contributed by atoms with van der Waals surface area (Å²) in [4.78, 5) is 25.2. The van der Waals surface area contributed by atoms with Crippen molar-refractivity contribution >= 4 is 11.8 Å². The van der Waals surface area contributed by atoms with E-state index in [1.54, 1.807) is 12.2 Å². The van der Waals surface area contributed by atoms with Gasteiger partial charge in [-0.3, -0.25) is 14.5 Å². The number of hydrogen-bond acceptors (Lipinski definition) is 4. The number of aliphatic hydroxyl groups excluding tert-OH is 2. The molecule has 2 N–H and O–H groups in total. The number of amides is 2. The molecule has 1 heterocycles. The Labute approximate surface area is 207 Å². The van der Waals surface area contributed by atoms with Crippen LogP contribution in [0.15, 0.2) is 47.6 Å². The van der Waals surface area contributed by atoms with Gasteiger partial charge < -0.3 is 10.2 Å². The van der Waals surface area contributed by atoms with Crippen LogP contribution in [0.1, 0.15) is 80.1 Å². The lowest BCUT2D eigenvalue weighted by Crippen LogP contribution is -2.46. The van der Waals surface area contributed by atoms with Crippen LogP contribution in [0.25, 0.3) is 0 Å². The molecule has 0 saturated carbocycles. The van der Waals surface area contributed by atoms with E-state index in [1.807, 2.05) is 13.0 Å². The van der Waals surface area contributed by atoms with Gasteiger partial charge in [0.1, 0.15) is 6.10 Å². The van der Waals surface area contributed by atoms with Gasteiger partial charge in [-0.1, -0.05) is 75.6 Å². The number of nitrogens with zero attached hydrogens (tertiary/aromatic N) is 1. The van der Waals surface area contributed by atoms with Gasteiger partial charge in [0.2, 0.25) is 0 Å². The average molecular weight is 474 g/mol. The van der Waals surface area contributed by atoms with Crippen LogP contribution in [-0.4, -0.2) is 46.2 Å². The average Bonchev–Trinajstić information content (AvgIpc) is 2.77. The van der Waals surface area contributed by atoms with E-state index in [2.05, 4.69) is 46.8 Å². The fourth-order valence-electron chi connectivity index (χ4n) is 4.77. The molecule has 34 heavy (non-hydrogen) atoms. The molecule has 1 aliphatic rings. The van der Waals surface area contributed by atoms with Gasteiger partial charge in [0.25, 0.3) is 11.8 Å². The van der Waals surface area contributed by atoms with E-state index in [-0.39, 0.29) is 6.61 Å². The predicted octanol–water partition coefficient (Wildman–Crippen LogP) is 5.60. The standard InChI is InChI=1S/C29H47NO4/c1-7-21(2)15-24(5)18-26(20-31)19-25(6)17-23(4)16-22(3)11-8-9-13-28(33)30-14-10-12-27(32)29(30)34/h8-9,11,13,16-17,21,24-27,31-32H,7,10,12,14-15,18-20H2,1-6H3/b11-8+,13-9+,22-16+,23-17+/t21-,24-,25-,26-,27?/m0/s1. The molecule has 5 atom stereocenters. The van der Waals surface area contributed by atoms with E-state index in [0.717, 1.165) is 29.2 Å². The van der Waals surface area contributed by atoms with E-state index in [0.29, 0.717) is 37.1 Å². The monoisotopic (exact) mass is 473 g/mol. The topological polar surface area (TPSA) is 77.8 Å². The van der Waals surface area contributed by atoms with E-state index >= 15 is 0 Å². The highest BCUT2D eigenvalue weighted by Crippen LogP contribution is 2.26. The Hall–Kier alpha value is -1.98. The SMILES string of the molecule is CC[C@H](C)C[C@H](C)C[C@H](CO)C[C@@H](C)/C=C(C)/C=C(C)/C=C/C=C/C(=O)N1CCCC(O)C1=O. The van der Waals surface area contributed by atoms with Crippen LogP contribution in [-0.2, 0) is 9.59 Å². The first-order chi connectivity index (χ1) is 16.1. The molecule has 2 amide bonds. The second-order valence-electron chi connectivity index (χ2n) is 10.4. The summed E-state index contributed by atoms with van der Waals surface area (Å²) in [5.41, 5.74) is 2.23. The highest BCUT2D eigenvalue weighted by molar-refractivity contribution is 6.02. The van der Waals surface area contributed by atoms with Crippen LogP contribution in [0.5, 0.6) is 0 Å². The summed E-state index contributed by atoms with van der Waals surface area (Å²) < 4.78 is 0. The Morgan fingerprint density at radius 3 is 2.38 bits per heavy atom. The van der Waals surface area contributed by atoms with Crippen molar-refractivity contribution in [3.8, 4) is 0 Å². The Bertz CT molecular complexity index is 764. The van der Waals surface area contributed by atoms with Crippen molar-refractivity contribution in [2.45, 2.75) is 86.2 Å². The molecule has 0 aliphatic carbocycles. The molecule has 192 valence electrons. The maximum Gasteiger partial charge on any atom is 0.258 e. The first-order valence-corrected chi connectivity index (χ1v) is 12.9. The second kappa shape index (κ2) is 15.8. The largest absolute Gasteiger partial charge is 0.396 e. The fraction of sp³-hybridized carbons (Fsp3) is 0.655. The van der Waals surface area contributed by atoms with E-state index < -0.39 is 17.9 Å². The third-order valence-electron chi connectivity index (χ3n) is 6.59. The molecule has 1 saturated heterocycles. The lowest BCUT2D eigenvalue weighted by atomic mass is 9.84. The van der Waals surface area contributed by atoms with Gasteiger partial charge in [0.15, 0.2) is 0 Å². The van der Waals surface area contributed by atoms with Gasteiger partial charge in [0, 0.05) is 19.2 Å². The zero-order valence-electron chi connectivity index (χ0n) is 22.2. The Morgan fingerprint density at radius 1 is 1.06 bits per heavy atom. The van der Waals surface area contributed by atoms with Gasteiger partial charge in [-0.2, -0.15) is 0 Å². The van der Waals surface area contributed by atoms with E-state index in [4.69, 9.17) is 0 Å². The summed E-state index contributed by atoms with van der Waals surface area (Å²) in [5, 5.41) is 19.5. The van der Waals surface area contributed by atoms with Crippen LogP contribution in [0.3, 0.4) is 0 Å². The Balaban J connectivity index is 2.57. The van der Waals surface area contributed by atoms with Crippen molar-refractivity contribution in [1.29, 1.82) is 0 Å². The maximum absolute atomic E-state index is 12.2. The summed E-state index contributed by atoms with van der Waals surface area (Å²) in [6.07, 6.45) is 15.5. The zero-order valence-corrected chi connectivity index (χ0v) is 22.2. The Kier molecular flexibility index (Phi) is 14.0.